The standard InChI is InChI=1S/C13H14FN3OS2/c1-7-6-19-13(16-7)20-8(2)12(18)17-11-5-9(15)3-4-10(11)14/h3-6,8H,15H2,1-2H3,(H,17,18). The SMILES string of the molecule is Cc1csc(SC(C)C(=O)Nc2cc(N)ccc2F)n1. The maximum absolute atomic E-state index is 13.5. The molecule has 1 aromatic carbocycles. The van der Waals surface area contributed by atoms with Crippen molar-refractivity contribution in [2.24, 2.45) is 0 Å². The van der Waals surface area contributed by atoms with Crippen LogP contribution < -0.4 is 11.1 Å². The third-order valence-corrected chi connectivity index (χ3v) is 4.68. The minimum Gasteiger partial charge on any atom is -0.399 e. The predicted molar refractivity (Wildman–Crippen MR) is 81.6 cm³/mol. The van der Waals surface area contributed by atoms with Gasteiger partial charge in [-0.2, -0.15) is 0 Å². The van der Waals surface area contributed by atoms with Gasteiger partial charge in [-0.25, -0.2) is 9.37 Å². The highest BCUT2D eigenvalue weighted by Crippen LogP contribution is 2.27. The first kappa shape index (κ1) is 14.8. The number of amides is 1. The molecule has 20 heavy (non-hydrogen) atoms. The maximum atomic E-state index is 13.5. The summed E-state index contributed by atoms with van der Waals surface area (Å²) in [6, 6.07) is 4.08. The van der Waals surface area contributed by atoms with Gasteiger partial charge < -0.3 is 11.1 Å². The largest absolute Gasteiger partial charge is 0.399 e. The van der Waals surface area contributed by atoms with Gasteiger partial charge in [-0.1, -0.05) is 11.8 Å². The van der Waals surface area contributed by atoms with E-state index in [4.69, 9.17) is 5.73 Å². The summed E-state index contributed by atoms with van der Waals surface area (Å²) in [5, 5.41) is 4.09. The number of rotatable bonds is 4. The summed E-state index contributed by atoms with van der Waals surface area (Å²) in [7, 11) is 0. The molecule has 0 spiro atoms. The molecular formula is C13H14FN3OS2. The Hall–Kier alpha value is -1.60. The van der Waals surface area contributed by atoms with Crippen LogP contribution in [-0.4, -0.2) is 16.1 Å². The minimum atomic E-state index is -0.505. The van der Waals surface area contributed by atoms with Crippen molar-refractivity contribution < 1.29 is 9.18 Å². The second kappa shape index (κ2) is 6.23. The normalized spacial score (nSPS) is 12.2. The highest BCUT2D eigenvalue weighted by Gasteiger charge is 2.17. The van der Waals surface area contributed by atoms with E-state index in [-0.39, 0.29) is 16.8 Å². The number of nitrogen functional groups attached to an aromatic ring is 1. The first-order chi connectivity index (χ1) is 9.45. The number of aromatic nitrogens is 1. The van der Waals surface area contributed by atoms with Crippen LogP contribution in [0.25, 0.3) is 0 Å². The Kier molecular flexibility index (Phi) is 4.61. The maximum Gasteiger partial charge on any atom is 0.237 e. The molecule has 0 saturated carbocycles. The molecule has 1 amide bonds. The lowest BCUT2D eigenvalue weighted by molar-refractivity contribution is -0.115. The van der Waals surface area contributed by atoms with Crippen molar-refractivity contribution in [1.82, 2.24) is 4.98 Å². The first-order valence-corrected chi connectivity index (χ1v) is 7.66. The van der Waals surface area contributed by atoms with Crippen molar-refractivity contribution >= 4 is 40.4 Å². The quantitative estimate of drug-likeness (QED) is 0.671. The van der Waals surface area contributed by atoms with Crippen LogP contribution >= 0.6 is 23.1 Å². The lowest BCUT2D eigenvalue weighted by atomic mass is 10.2. The van der Waals surface area contributed by atoms with Crippen molar-refractivity contribution in [2.75, 3.05) is 11.1 Å². The van der Waals surface area contributed by atoms with Crippen molar-refractivity contribution in [1.29, 1.82) is 0 Å². The fourth-order valence-electron chi connectivity index (χ4n) is 1.46. The highest BCUT2D eigenvalue weighted by atomic mass is 32.2. The minimum absolute atomic E-state index is 0.0952. The van der Waals surface area contributed by atoms with Crippen LogP contribution in [0.15, 0.2) is 27.9 Å². The van der Waals surface area contributed by atoms with Crippen LogP contribution in [-0.2, 0) is 4.79 Å². The lowest BCUT2D eigenvalue weighted by Crippen LogP contribution is -2.23. The number of carbonyl (C=O) groups is 1. The Morgan fingerprint density at radius 1 is 1.55 bits per heavy atom. The van der Waals surface area contributed by atoms with E-state index in [0.29, 0.717) is 5.69 Å². The molecule has 0 aliphatic carbocycles. The number of benzene rings is 1. The van der Waals surface area contributed by atoms with Crippen molar-refractivity contribution in [3.8, 4) is 0 Å². The Morgan fingerprint density at radius 2 is 2.30 bits per heavy atom. The molecule has 1 heterocycles. The van der Waals surface area contributed by atoms with E-state index in [0.717, 1.165) is 10.0 Å². The number of carbonyl (C=O) groups excluding carboxylic acids is 1. The van der Waals surface area contributed by atoms with Gasteiger partial charge in [0.25, 0.3) is 0 Å². The second-order valence-corrected chi connectivity index (χ2v) is 6.69. The zero-order chi connectivity index (χ0) is 14.7. The molecule has 1 unspecified atom stereocenters. The summed E-state index contributed by atoms with van der Waals surface area (Å²) >= 11 is 2.83. The van der Waals surface area contributed by atoms with E-state index < -0.39 is 5.82 Å². The molecule has 0 fully saturated rings. The molecule has 2 aromatic rings. The third-order valence-electron chi connectivity index (χ3n) is 2.49. The van der Waals surface area contributed by atoms with Crippen molar-refractivity contribution in [2.45, 2.75) is 23.4 Å². The molecule has 2 rings (SSSR count). The van der Waals surface area contributed by atoms with E-state index in [1.165, 1.54) is 41.3 Å². The number of aryl methyl sites for hydroxylation is 1. The van der Waals surface area contributed by atoms with Gasteiger partial charge in [0.2, 0.25) is 5.91 Å². The molecule has 1 atom stereocenters. The third kappa shape index (κ3) is 3.71. The van der Waals surface area contributed by atoms with Crippen molar-refractivity contribution in [3.63, 3.8) is 0 Å². The molecule has 1 aromatic heterocycles. The van der Waals surface area contributed by atoms with E-state index in [9.17, 15) is 9.18 Å². The molecule has 4 nitrogen and oxygen atoms in total. The number of nitrogens with zero attached hydrogens (tertiary/aromatic N) is 1. The number of anilines is 2. The van der Waals surface area contributed by atoms with Gasteiger partial charge in [0, 0.05) is 16.8 Å². The first-order valence-electron chi connectivity index (χ1n) is 5.90. The van der Waals surface area contributed by atoms with Crippen molar-refractivity contribution in [3.05, 3.63) is 35.1 Å². The highest BCUT2D eigenvalue weighted by molar-refractivity contribution is 8.02. The smallest absolute Gasteiger partial charge is 0.237 e. The molecule has 0 aliphatic rings. The number of thioether (sulfide) groups is 1. The van der Waals surface area contributed by atoms with Gasteiger partial charge in [-0.05, 0) is 32.0 Å². The van der Waals surface area contributed by atoms with E-state index >= 15 is 0 Å². The summed E-state index contributed by atoms with van der Waals surface area (Å²) < 4.78 is 14.4. The average molecular weight is 311 g/mol. The van der Waals surface area contributed by atoms with E-state index in [1.807, 2.05) is 12.3 Å². The fraction of sp³-hybridized carbons (Fsp3) is 0.231. The molecular weight excluding hydrogens is 297 g/mol. The monoisotopic (exact) mass is 311 g/mol. The molecule has 7 heteroatoms. The Balaban J connectivity index is 2.02. The predicted octanol–water partition coefficient (Wildman–Crippen LogP) is 3.29. The van der Waals surface area contributed by atoms with Gasteiger partial charge in [-0.3, -0.25) is 4.79 Å². The van der Waals surface area contributed by atoms with E-state index in [2.05, 4.69) is 10.3 Å². The van der Waals surface area contributed by atoms with Gasteiger partial charge in [0.05, 0.1) is 10.9 Å². The number of nitrogens with two attached hydrogens (primary N) is 1. The molecule has 3 N–H and O–H groups in total. The number of nitrogens with one attached hydrogen (secondary N) is 1. The van der Waals surface area contributed by atoms with E-state index in [1.54, 1.807) is 6.92 Å². The number of halogens is 1. The topological polar surface area (TPSA) is 68.0 Å². The van der Waals surface area contributed by atoms with Crippen LogP contribution in [0.3, 0.4) is 0 Å². The van der Waals surface area contributed by atoms with Crippen LogP contribution in [0.1, 0.15) is 12.6 Å². The molecule has 0 saturated heterocycles. The average Bonchev–Trinajstić information content (AvgIpc) is 2.79. The van der Waals surface area contributed by atoms with Gasteiger partial charge >= 0.3 is 0 Å². The lowest BCUT2D eigenvalue weighted by Gasteiger charge is -2.11. The Morgan fingerprint density at radius 3 is 2.95 bits per heavy atom. The number of hydrogen-bond acceptors (Lipinski definition) is 5. The molecule has 0 bridgehead atoms. The molecule has 106 valence electrons. The fourth-order valence-corrected chi connectivity index (χ4v) is 3.45. The zero-order valence-corrected chi connectivity index (χ0v) is 12.6. The summed E-state index contributed by atoms with van der Waals surface area (Å²) in [5.41, 5.74) is 6.99. The molecule has 0 aliphatic heterocycles. The second-order valence-electron chi connectivity index (χ2n) is 4.24. The van der Waals surface area contributed by atoms with Crippen LogP contribution in [0.4, 0.5) is 15.8 Å². The summed E-state index contributed by atoms with van der Waals surface area (Å²) in [5.74, 6) is -0.790. The van der Waals surface area contributed by atoms with Crippen LogP contribution in [0, 0.1) is 12.7 Å². The molecule has 0 radical (unpaired) electrons. The van der Waals surface area contributed by atoms with Crippen LogP contribution in [0.5, 0.6) is 0 Å². The van der Waals surface area contributed by atoms with Gasteiger partial charge in [-0.15, -0.1) is 11.3 Å². The summed E-state index contributed by atoms with van der Waals surface area (Å²) in [6.07, 6.45) is 0. The summed E-state index contributed by atoms with van der Waals surface area (Å²) in [6.45, 7) is 3.65. The Bertz CT molecular complexity index is 630. The Labute approximate surface area is 124 Å². The zero-order valence-electron chi connectivity index (χ0n) is 11.0. The van der Waals surface area contributed by atoms with Gasteiger partial charge in [0.15, 0.2) is 4.34 Å². The number of hydrogen-bond donors (Lipinski definition) is 2. The summed E-state index contributed by atoms with van der Waals surface area (Å²) in [4.78, 5) is 16.3. The van der Waals surface area contributed by atoms with Gasteiger partial charge in [0.1, 0.15) is 5.82 Å². The number of thiazole rings is 1. The van der Waals surface area contributed by atoms with Crippen LogP contribution in [0.2, 0.25) is 0 Å².